The third-order valence-corrected chi connectivity index (χ3v) is 5.27. The molecule has 0 bridgehead atoms. The summed E-state index contributed by atoms with van der Waals surface area (Å²) in [5.41, 5.74) is 0. The lowest BCUT2D eigenvalue weighted by atomic mass is 10.0. The Morgan fingerprint density at radius 2 is 1.46 bits per heavy atom. The number of hydrogen-bond acceptors (Lipinski definition) is 4. The van der Waals surface area contributed by atoms with E-state index >= 15 is 0 Å². The van der Waals surface area contributed by atoms with Crippen LogP contribution in [0.3, 0.4) is 0 Å². The summed E-state index contributed by atoms with van der Waals surface area (Å²) in [6.45, 7) is 5.16. The summed E-state index contributed by atoms with van der Waals surface area (Å²) >= 11 is 0. The van der Waals surface area contributed by atoms with Gasteiger partial charge in [0.2, 0.25) is 0 Å². The van der Waals surface area contributed by atoms with Crippen molar-refractivity contribution in [3.05, 3.63) is 0 Å². The molecule has 0 amide bonds. The first-order valence-electron chi connectivity index (χ1n) is 11.3. The van der Waals surface area contributed by atoms with E-state index in [0.717, 1.165) is 32.2 Å². The molecule has 4 heteroatoms. The Labute approximate surface area is 161 Å². The van der Waals surface area contributed by atoms with E-state index in [1.54, 1.807) is 0 Å². The van der Waals surface area contributed by atoms with Crippen molar-refractivity contribution in [2.24, 2.45) is 0 Å². The van der Waals surface area contributed by atoms with Crippen LogP contribution in [-0.4, -0.2) is 25.0 Å². The zero-order valence-electron chi connectivity index (χ0n) is 17.4. The Balaban J connectivity index is 1.79. The van der Waals surface area contributed by atoms with Crippen molar-refractivity contribution in [3.8, 4) is 0 Å². The molecule has 1 aliphatic heterocycles. The van der Waals surface area contributed by atoms with Crippen molar-refractivity contribution in [2.75, 3.05) is 6.54 Å². The molecule has 154 valence electrons. The maximum atomic E-state index is 11.7. The second-order valence-electron chi connectivity index (χ2n) is 7.91. The van der Waals surface area contributed by atoms with Crippen LogP contribution in [0.15, 0.2) is 0 Å². The van der Waals surface area contributed by atoms with Crippen molar-refractivity contribution < 1.29 is 14.3 Å². The molecule has 2 unspecified atom stereocenters. The molecule has 1 heterocycles. The van der Waals surface area contributed by atoms with Gasteiger partial charge >= 0.3 is 6.16 Å². The predicted octanol–water partition coefficient (Wildman–Crippen LogP) is 6.72. The fourth-order valence-corrected chi connectivity index (χ4v) is 3.57. The second-order valence-corrected chi connectivity index (χ2v) is 7.91. The first-order valence-corrected chi connectivity index (χ1v) is 11.3. The summed E-state index contributed by atoms with van der Waals surface area (Å²) in [7, 11) is 0. The van der Waals surface area contributed by atoms with E-state index in [2.05, 4.69) is 12.2 Å². The van der Waals surface area contributed by atoms with Crippen LogP contribution in [-0.2, 0) is 9.47 Å². The fourth-order valence-electron chi connectivity index (χ4n) is 3.57. The molecule has 2 atom stereocenters. The summed E-state index contributed by atoms with van der Waals surface area (Å²) in [6, 6.07) is 0. The molecule has 4 nitrogen and oxygen atoms in total. The molecule has 1 aliphatic rings. The van der Waals surface area contributed by atoms with Gasteiger partial charge in [0.05, 0.1) is 0 Å². The van der Waals surface area contributed by atoms with E-state index in [-0.39, 0.29) is 12.3 Å². The summed E-state index contributed by atoms with van der Waals surface area (Å²) < 4.78 is 10.5. The normalized spacial score (nSPS) is 18.0. The number of hydrogen-bond donors (Lipinski definition) is 1. The predicted molar refractivity (Wildman–Crippen MR) is 108 cm³/mol. The second kappa shape index (κ2) is 16.4. The first-order chi connectivity index (χ1) is 12.7. The van der Waals surface area contributed by atoms with E-state index in [4.69, 9.17) is 9.47 Å². The Morgan fingerprint density at radius 1 is 0.923 bits per heavy atom. The van der Waals surface area contributed by atoms with Gasteiger partial charge in [-0.15, -0.1) is 0 Å². The lowest BCUT2D eigenvalue weighted by Crippen LogP contribution is -2.29. The molecule has 1 saturated heterocycles. The van der Waals surface area contributed by atoms with Gasteiger partial charge in [-0.3, -0.25) is 5.32 Å². The van der Waals surface area contributed by atoms with E-state index in [9.17, 15) is 4.79 Å². The van der Waals surface area contributed by atoms with Gasteiger partial charge < -0.3 is 9.47 Å². The van der Waals surface area contributed by atoms with Crippen LogP contribution in [0.4, 0.5) is 4.79 Å². The highest BCUT2D eigenvalue weighted by atomic mass is 16.7. The third kappa shape index (κ3) is 13.4. The van der Waals surface area contributed by atoms with Crippen LogP contribution in [0.1, 0.15) is 117 Å². The molecule has 1 N–H and O–H groups in total. The van der Waals surface area contributed by atoms with Crippen LogP contribution < -0.4 is 5.32 Å². The maximum Gasteiger partial charge on any atom is 0.510 e. The van der Waals surface area contributed by atoms with E-state index in [0.29, 0.717) is 0 Å². The first kappa shape index (κ1) is 23.3. The van der Waals surface area contributed by atoms with Gasteiger partial charge in [-0.05, 0) is 39.2 Å². The molecule has 0 aromatic heterocycles. The van der Waals surface area contributed by atoms with Crippen LogP contribution in [0.5, 0.6) is 0 Å². The van der Waals surface area contributed by atoms with Crippen molar-refractivity contribution in [2.45, 2.75) is 129 Å². The summed E-state index contributed by atoms with van der Waals surface area (Å²) in [5, 5.41) is 3.13. The molecular formula is C22H43NO3. The third-order valence-electron chi connectivity index (χ3n) is 5.27. The van der Waals surface area contributed by atoms with Crippen LogP contribution >= 0.6 is 0 Å². The lowest BCUT2D eigenvalue weighted by molar-refractivity contribution is -0.00330. The molecule has 0 aliphatic carbocycles. The van der Waals surface area contributed by atoms with Crippen molar-refractivity contribution >= 4 is 6.16 Å². The highest BCUT2D eigenvalue weighted by Gasteiger charge is 2.20. The Hall–Kier alpha value is -0.770. The molecular weight excluding hydrogens is 326 g/mol. The van der Waals surface area contributed by atoms with Crippen LogP contribution in [0.25, 0.3) is 0 Å². The summed E-state index contributed by atoms with van der Waals surface area (Å²) in [6.07, 6.45) is 19.8. The van der Waals surface area contributed by atoms with Crippen LogP contribution in [0, 0.1) is 0 Å². The number of ether oxygens (including phenoxy) is 2. The summed E-state index contributed by atoms with van der Waals surface area (Å²) in [4.78, 5) is 11.7. The highest BCUT2D eigenvalue weighted by molar-refractivity contribution is 5.60. The van der Waals surface area contributed by atoms with Crippen LogP contribution in [0.2, 0.25) is 0 Å². The van der Waals surface area contributed by atoms with Crippen molar-refractivity contribution in [3.63, 3.8) is 0 Å². The topological polar surface area (TPSA) is 47.6 Å². The molecule has 0 saturated carbocycles. The number of nitrogens with one attached hydrogen (secondary N) is 1. The van der Waals surface area contributed by atoms with Crippen molar-refractivity contribution in [1.29, 1.82) is 0 Å². The molecule has 26 heavy (non-hydrogen) atoms. The molecule has 1 fully saturated rings. The summed E-state index contributed by atoms with van der Waals surface area (Å²) in [5.74, 6) is 0. The average Bonchev–Trinajstić information content (AvgIpc) is 3.11. The lowest BCUT2D eigenvalue weighted by Gasteiger charge is -2.16. The molecule has 0 aromatic carbocycles. The Morgan fingerprint density at radius 3 is 1.96 bits per heavy atom. The van der Waals surface area contributed by atoms with Gasteiger partial charge in [0.15, 0.2) is 6.23 Å². The number of unbranched alkanes of at least 4 members (excludes halogenated alkanes) is 12. The molecule has 0 spiro atoms. The monoisotopic (exact) mass is 369 g/mol. The van der Waals surface area contributed by atoms with Gasteiger partial charge in [0, 0.05) is 0 Å². The zero-order valence-corrected chi connectivity index (χ0v) is 17.4. The van der Waals surface area contributed by atoms with E-state index < -0.39 is 6.16 Å². The Bertz CT molecular complexity index is 329. The van der Waals surface area contributed by atoms with E-state index in [1.165, 1.54) is 77.0 Å². The smallest absolute Gasteiger partial charge is 0.431 e. The largest absolute Gasteiger partial charge is 0.510 e. The molecule has 1 rings (SSSR count). The molecule has 0 radical (unpaired) electrons. The highest BCUT2D eigenvalue weighted by Crippen LogP contribution is 2.14. The van der Waals surface area contributed by atoms with Gasteiger partial charge in [0.25, 0.3) is 0 Å². The van der Waals surface area contributed by atoms with Gasteiger partial charge in [-0.25, -0.2) is 4.79 Å². The average molecular weight is 370 g/mol. The minimum atomic E-state index is -0.522. The number of carbonyl (C=O) groups is 1. The standard InChI is InChI=1S/C22H43NO3/c1-3-4-5-6-7-8-9-10-11-12-13-14-15-17-20(2)25-22(24)26-21-18-16-19-23-21/h20-21,23H,3-19H2,1-2H3. The van der Waals surface area contributed by atoms with E-state index in [1.807, 2.05) is 6.92 Å². The zero-order chi connectivity index (χ0) is 18.9. The molecule has 0 aromatic rings. The van der Waals surface area contributed by atoms with Gasteiger partial charge in [-0.1, -0.05) is 84.0 Å². The minimum absolute atomic E-state index is 0.0448. The number of carbonyl (C=O) groups excluding carboxylic acids is 1. The fraction of sp³-hybridized carbons (Fsp3) is 0.955. The van der Waals surface area contributed by atoms with Crippen molar-refractivity contribution in [1.82, 2.24) is 5.32 Å². The maximum absolute atomic E-state index is 11.7. The minimum Gasteiger partial charge on any atom is -0.431 e. The SMILES string of the molecule is CCCCCCCCCCCCCCCC(C)OC(=O)OC1CCCN1. The van der Waals surface area contributed by atoms with Gasteiger partial charge in [0.1, 0.15) is 6.10 Å². The number of rotatable bonds is 16. The quantitative estimate of drug-likeness (QED) is 0.242. The Kier molecular flexibility index (Phi) is 14.7. The van der Waals surface area contributed by atoms with Gasteiger partial charge in [-0.2, -0.15) is 0 Å².